The van der Waals surface area contributed by atoms with Gasteiger partial charge in [-0.3, -0.25) is 0 Å². The molecule has 0 heterocycles. The molecular formula is C32H35S+. The van der Waals surface area contributed by atoms with E-state index in [-0.39, 0.29) is 21.7 Å². The average Bonchev–Trinajstić information content (AvgIpc) is 2.80. The molecule has 0 aliphatic carbocycles. The minimum atomic E-state index is -0.184. The van der Waals surface area contributed by atoms with Crippen molar-refractivity contribution >= 4 is 10.9 Å². The van der Waals surface area contributed by atoms with E-state index in [2.05, 4.69) is 145 Å². The van der Waals surface area contributed by atoms with Gasteiger partial charge in [0.25, 0.3) is 0 Å². The van der Waals surface area contributed by atoms with E-state index < -0.39 is 0 Å². The van der Waals surface area contributed by atoms with Gasteiger partial charge < -0.3 is 0 Å². The lowest BCUT2D eigenvalue weighted by atomic mass is 9.86. The summed E-state index contributed by atoms with van der Waals surface area (Å²) in [5.41, 5.74) is 5.62. The maximum absolute atomic E-state index is 2.33. The summed E-state index contributed by atoms with van der Waals surface area (Å²) in [6.45, 7) is 13.6. The third kappa shape index (κ3) is 5.25. The van der Waals surface area contributed by atoms with Crippen LogP contribution in [0.15, 0.2) is 118 Å². The molecule has 1 atom stereocenters. The zero-order valence-corrected chi connectivity index (χ0v) is 21.5. The third-order valence-electron chi connectivity index (χ3n) is 6.10. The minimum absolute atomic E-state index is 0.149. The highest BCUT2D eigenvalue weighted by Gasteiger charge is 2.32. The standard InChI is InChI=1S/C32H35S/c1-31(2,3)25-18-16-24(17-19-25)29-14-10-11-15-30(29)33(27-12-8-7-9-13-27)28-22-20-26(21-23-28)32(4,5)6/h7-23H,1-6H3/q+1. The lowest BCUT2D eigenvalue weighted by Crippen LogP contribution is -2.12. The van der Waals surface area contributed by atoms with E-state index in [0.29, 0.717) is 0 Å². The predicted octanol–water partition coefficient (Wildman–Crippen LogP) is 9.04. The summed E-state index contributed by atoms with van der Waals surface area (Å²) in [7, 11) is -0.184. The van der Waals surface area contributed by atoms with Crippen LogP contribution in [0.3, 0.4) is 0 Å². The molecule has 33 heavy (non-hydrogen) atoms. The van der Waals surface area contributed by atoms with Crippen LogP contribution in [0.2, 0.25) is 0 Å². The van der Waals surface area contributed by atoms with Gasteiger partial charge in [-0.2, -0.15) is 0 Å². The van der Waals surface area contributed by atoms with Gasteiger partial charge in [0.2, 0.25) is 0 Å². The van der Waals surface area contributed by atoms with Crippen molar-refractivity contribution in [2.45, 2.75) is 67.1 Å². The Bertz CT molecular complexity index is 1190. The smallest absolute Gasteiger partial charge is 0.0619 e. The highest BCUT2D eigenvalue weighted by molar-refractivity contribution is 7.97. The molecule has 4 rings (SSSR count). The maximum atomic E-state index is 2.33. The van der Waals surface area contributed by atoms with Gasteiger partial charge in [0.1, 0.15) is 0 Å². The van der Waals surface area contributed by atoms with E-state index in [9.17, 15) is 0 Å². The molecule has 0 radical (unpaired) electrons. The van der Waals surface area contributed by atoms with Crippen LogP contribution in [0.25, 0.3) is 11.1 Å². The molecule has 1 heteroatoms. The molecule has 0 aliphatic heterocycles. The molecular weight excluding hydrogens is 416 g/mol. The van der Waals surface area contributed by atoms with E-state index in [1.54, 1.807) is 0 Å². The van der Waals surface area contributed by atoms with Crippen molar-refractivity contribution in [2.75, 3.05) is 0 Å². The molecule has 0 amide bonds. The molecule has 0 nitrogen and oxygen atoms in total. The molecule has 168 valence electrons. The number of hydrogen-bond acceptors (Lipinski definition) is 0. The Morgan fingerprint density at radius 2 is 0.909 bits per heavy atom. The Balaban J connectivity index is 1.84. The Morgan fingerprint density at radius 1 is 0.455 bits per heavy atom. The third-order valence-corrected chi connectivity index (χ3v) is 8.39. The van der Waals surface area contributed by atoms with E-state index in [1.165, 1.54) is 36.9 Å². The van der Waals surface area contributed by atoms with Crippen LogP contribution in [-0.4, -0.2) is 0 Å². The fourth-order valence-corrected chi connectivity index (χ4v) is 6.31. The second-order valence-electron chi connectivity index (χ2n) is 10.7. The van der Waals surface area contributed by atoms with E-state index in [1.807, 2.05) is 0 Å². The molecule has 0 saturated heterocycles. The molecule has 0 N–H and O–H groups in total. The van der Waals surface area contributed by atoms with Crippen LogP contribution >= 0.6 is 0 Å². The van der Waals surface area contributed by atoms with Gasteiger partial charge in [0, 0.05) is 5.56 Å². The van der Waals surface area contributed by atoms with Crippen LogP contribution in [0.1, 0.15) is 52.7 Å². The van der Waals surface area contributed by atoms with Gasteiger partial charge in [0.05, 0.1) is 10.9 Å². The summed E-state index contributed by atoms with van der Waals surface area (Å²) < 4.78 is 0. The Morgan fingerprint density at radius 3 is 1.45 bits per heavy atom. The van der Waals surface area contributed by atoms with Gasteiger partial charge >= 0.3 is 0 Å². The second-order valence-corrected chi connectivity index (χ2v) is 12.7. The largest absolute Gasteiger partial charge is 0.174 e. The van der Waals surface area contributed by atoms with Crippen LogP contribution in [0.5, 0.6) is 0 Å². The maximum Gasteiger partial charge on any atom is 0.174 e. The summed E-state index contributed by atoms with van der Waals surface area (Å²) in [6.07, 6.45) is 0. The van der Waals surface area contributed by atoms with Crippen molar-refractivity contribution in [1.82, 2.24) is 0 Å². The van der Waals surface area contributed by atoms with E-state index in [4.69, 9.17) is 0 Å². The summed E-state index contributed by atoms with van der Waals surface area (Å²) in [6, 6.07) is 38.3. The van der Waals surface area contributed by atoms with Crippen molar-refractivity contribution in [1.29, 1.82) is 0 Å². The molecule has 4 aromatic rings. The van der Waals surface area contributed by atoms with Crippen molar-refractivity contribution in [3.8, 4) is 11.1 Å². The molecule has 0 bridgehead atoms. The fraction of sp³-hybridized carbons (Fsp3) is 0.250. The molecule has 0 fully saturated rings. The van der Waals surface area contributed by atoms with Crippen molar-refractivity contribution in [2.24, 2.45) is 0 Å². The van der Waals surface area contributed by atoms with E-state index >= 15 is 0 Å². The summed E-state index contributed by atoms with van der Waals surface area (Å²) in [4.78, 5) is 4.07. The van der Waals surface area contributed by atoms with Crippen LogP contribution < -0.4 is 0 Å². The van der Waals surface area contributed by atoms with Gasteiger partial charge in [-0.05, 0) is 63.9 Å². The quantitative estimate of drug-likeness (QED) is 0.271. The number of hydrogen-bond donors (Lipinski definition) is 0. The molecule has 0 saturated carbocycles. The van der Waals surface area contributed by atoms with Crippen molar-refractivity contribution < 1.29 is 0 Å². The fourth-order valence-electron chi connectivity index (χ4n) is 4.07. The minimum Gasteiger partial charge on any atom is -0.0619 e. The van der Waals surface area contributed by atoms with Crippen LogP contribution in [0, 0.1) is 0 Å². The van der Waals surface area contributed by atoms with E-state index in [0.717, 1.165) is 0 Å². The molecule has 0 aromatic heterocycles. The first-order valence-corrected chi connectivity index (χ1v) is 13.0. The number of benzene rings is 4. The number of rotatable bonds is 4. The normalized spacial score (nSPS) is 13.0. The van der Waals surface area contributed by atoms with Gasteiger partial charge in [0.15, 0.2) is 14.7 Å². The molecule has 4 aromatic carbocycles. The summed E-state index contributed by atoms with van der Waals surface area (Å²) in [5, 5.41) is 0. The summed E-state index contributed by atoms with van der Waals surface area (Å²) >= 11 is 0. The second kappa shape index (κ2) is 9.23. The summed E-state index contributed by atoms with van der Waals surface area (Å²) in [5.74, 6) is 0. The highest BCUT2D eigenvalue weighted by atomic mass is 32.2. The Labute approximate surface area is 203 Å². The van der Waals surface area contributed by atoms with Gasteiger partial charge in [-0.25, -0.2) is 0 Å². The SMILES string of the molecule is CC(C)(C)c1ccc(-c2ccccc2[S+](c2ccccc2)c2ccc(C(C)(C)C)cc2)cc1. The average molecular weight is 452 g/mol. The lowest BCUT2D eigenvalue weighted by molar-refractivity contribution is 0.589. The monoisotopic (exact) mass is 451 g/mol. The molecule has 1 unspecified atom stereocenters. The van der Waals surface area contributed by atoms with Gasteiger partial charge in [-0.15, -0.1) is 0 Å². The Kier molecular flexibility index (Phi) is 6.54. The molecule has 0 spiro atoms. The first kappa shape index (κ1) is 23.4. The van der Waals surface area contributed by atoms with Crippen LogP contribution in [-0.2, 0) is 21.7 Å². The van der Waals surface area contributed by atoms with Crippen molar-refractivity contribution in [3.05, 3.63) is 114 Å². The van der Waals surface area contributed by atoms with Crippen LogP contribution in [0.4, 0.5) is 0 Å². The first-order valence-electron chi connectivity index (χ1n) is 11.7. The lowest BCUT2D eigenvalue weighted by Gasteiger charge is -2.20. The zero-order valence-electron chi connectivity index (χ0n) is 20.7. The highest BCUT2D eigenvalue weighted by Crippen LogP contribution is 2.38. The zero-order chi connectivity index (χ0) is 23.6. The predicted molar refractivity (Wildman–Crippen MR) is 144 cm³/mol. The topological polar surface area (TPSA) is 0 Å². The first-order chi connectivity index (χ1) is 15.6. The van der Waals surface area contributed by atoms with Gasteiger partial charge in [-0.1, -0.05) is 108 Å². The molecule has 0 aliphatic rings. The Hall–Kier alpha value is -2.77. The van der Waals surface area contributed by atoms with Crippen molar-refractivity contribution in [3.63, 3.8) is 0 Å².